The van der Waals surface area contributed by atoms with Gasteiger partial charge in [-0.1, -0.05) is 18.2 Å². The number of carbonyl (C=O) groups is 1. The zero-order valence-corrected chi connectivity index (χ0v) is 34.8. The molecule has 0 aliphatic carbocycles. The van der Waals surface area contributed by atoms with E-state index in [1.54, 1.807) is 0 Å². The van der Waals surface area contributed by atoms with E-state index in [-0.39, 0.29) is 29.5 Å². The molecule has 0 spiro atoms. The number of azo groups is 1. The average molecular weight is 967 g/mol. The van der Waals surface area contributed by atoms with Crippen molar-refractivity contribution in [1.82, 2.24) is 15.0 Å². The average Bonchev–Trinajstić information content (AvgIpc) is 3.12. The van der Waals surface area contributed by atoms with Crippen molar-refractivity contribution in [1.29, 1.82) is 0 Å². The number of sulfone groups is 1. The predicted octanol–water partition coefficient (Wildman–Crippen LogP) is 3.32. The molecule has 1 heterocycles. The number of phenols is 1. The second-order valence-electron chi connectivity index (χ2n) is 11.9. The number of fused-ring (bicyclic) bond motifs is 1. The lowest BCUT2D eigenvalue weighted by molar-refractivity contribution is -0.116. The summed E-state index contributed by atoms with van der Waals surface area (Å²) in [5, 5.41) is 24.9. The van der Waals surface area contributed by atoms with Gasteiger partial charge in [-0.25, -0.2) is 12.6 Å². The van der Waals surface area contributed by atoms with Crippen molar-refractivity contribution in [3.63, 3.8) is 0 Å². The second kappa shape index (κ2) is 17.8. The highest BCUT2D eigenvalue weighted by Crippen LogP contribution is 2.46. The largest absolute Gasteiger partial charge is 0.505 e. The van der Waals surface area contributed by atoms with Crippen LogP contribution in [0.25, 0.3) is 10.8 Å². The van der Waals surface area contributed by atoms with Crippen molar-refractivity contribution in [2.75, 3.05) is 34.9 Å². The van der Waals surface area contributed by atoms with Crippen LogP contribution in [-0.4, -0.2) is 105 Å². The molecule has 0 radical (unpaired) electrons. The van der Waals surface area contributed by atoms with Gasteiger partial charge in [-0.3, -0.25) is 23.0 Å². The van der Waals surface area contributed by atoms with E-state index in [9.17, 15) is 65.6 Å². The molecule has 0 bridgehead atoms. The maximum absolute atomic E-state index is 12.7. The number of hydrogen-bond acceptors (Lipinski definition) is 20. The lowest BCUT2D eigenvalue weighted by Crippen LogP contribution is -2.18. The molecule has 1 aromatic heterocycles. The number of hydrogen-bond donors (Lipinski definition) is 8. The molecule has 0 saturated heterocycles. The van der Waals surface area contributed by atoms with Crippen molar-refractivity contribution >= 4 is 114 Å². The summed E-state index contributed by atoms with van der Waals surface area (Å²) in [6.07, 6.45) is -0.303. The number of nitrogens with one attached hydrogen (secondary N) is 3. The summed E-state index contributed by atoms with van der Waals surface area (Å²) < 4.78 is 162. The normalized spacial score (nSPS) is 12.7. The fraction of sp³-hybridized carbons (Fsp3) is 0.133. The molecule has 0 atom stereocenters. The van der Waals surface area contributed by atoms with Crippen molar-refractivity contribution in [3.8, 4) is 5.75 Å². The van der Waals surface area contributed by atoms with Gasteiger partial charge in [0.15, 0.2) is 15.6 Å². The minimum absolute atomic E-state index is 0.0373. The van der Waals surface area contributed by atoms with Gasteiger partial charge in [0.05, 0.1) is 27.8 Å². The SMILES string of the molecule is O=C(CCNc1nc(Cl)nc(Nc2cc(S(=O)(=O)O)cc3cc(S(=O)(=O)O)c(N=Nc4ccccc4S(=O)(=O)O)c(O)c23)n1)Nc1cccc(S(=O)(=O)CCOS(=O)(=O)O)c1. The Bertz CT molecular complexity index is 3170. The first-order valence-electron chi connectivity index (χ1n) is 16.2. The Balaban J connectivity index is 1.42. The van der Waals surface area contributed by atoms with Crippen LogP contribution in [0.1, 0.15) is 6.42 Å². The first-order valence-corrected chi connectivity index (χ1v) is 23.9. The van der Waals surface area contributed by atoms with Gasteiger partial charge >= 0.3 is 10.4 Å². The first kappa shape index (κ1) is 46.5. The van der Waals surface area contributed by atoms with Gasteiger partial charge < -0.3 is 21.1 Å². The molecule has 0 unspecified atom stereocenters. The van der Waals surface area contributed by atoms with E-state index < -0.39 is 128 Å². The van der Waals surface area contributed by atoms with Gasteiger partial charge in [-0.15, -0.1) is 10.2 Å². The topological polar surface area (TPSA) is 398 Å². The molecule has 1 amide bonds. The summed E-state index contributed by atoms with van der Waals surface area (Å²) in [4.78, 5) is 21.4. The van der Waals surface area contributed by atoms with Crippen molar-refractivity contribution in [3.05, 3.63) is 72.0 Å². The number of aromatic hydroxyl groups is 1. The van der Waals surface area contributed by atoms with E-state index in [4.69, 9.17) is 16.2 Å². The molecule has 0 saturated carbocycles. The van der Waals surface area contributed by atoms with Gasteiger partial charge in [0.1, 0.15) is 21.2 Å². The maximum Gasteiger partial charge on any atom is 0.397 e. The second-order valence-corrected chi connectivity index (χ2v) is 19.7. The van der Waals surface area contributed by atoms with Crippen LogP contribution in [-0.2, 0) is 59.6 Å². The van der Waals surface area contributed by atoms with Crippen LogP contribution in [0, 0.1) is 0 Å². The predicted molar refractivity (Wildman–Crippen MR) is 212 cm³/mol. The quantitative estimate of drug-likeness (QED) is 0.0489. The zero-order valence-electron chi connectivity index (χ0n) is 30.0. The van der Waals surface area contributed by atoms with E-state index >= 15 is 0 Å². The minimum Gasteiger partial charge on any atom is -0.505 e. The molecule has 25 nitrogen and oxygen atoms in total. The Kier molecular flexibility index (Phi) is 13.6. The van der Waals surface area contributed by atoms with Crippen LogP contribution in [0.5, 0.6) is 5.75 Å². The molecule has 5 aromatic rings. The Morgan fingerprint density at radius 3 is 2.07 bits per heavy atom. The number of benzene rings is 4. The van der Waals surface area contributed by atoms with Crippen LogP contribution in [0.4, 0.5) is 34.6 Å². The first-order chi connectivity index (χ1) is 28.2. The fourth-order valence-corrected chi connectivity index (χ4v) is 8.63. The fourth-order valence-electron chi connectivity index (χ4n) is 5.11. The summed E-state index contributed by atoms with van der Waals surface area (Å²) in [6.45, 7) is -1.07. The van der Waals surface area contributed by atoms with E-state index in [1.165, 1.54) is 30.3 Å². The molecule has 326 valence electrons. The summed E-state index contributed by atoms with van der Waals surface area (Å²) in [5.74, 6) is -3.36. The monoisotopic (exact) mass is 966 g/mol. The Morgan fingerprint density at radius 2 is 1.41 bits per heavy atom. The molecule has 31 heteroatoms. The van der Waals surface area contributed by atoms with Crippen LogP contribution < -0.4 is 16.0 Å². The third-order valence-electron chi connectivity index (χ3n) is 7.65. The highest BCUT2D eigenvalue weighted by atomic mass is 35.5. The van der Waals surface area contributed by atoms with Crippen molar-refractivity contribution < 1.29 is 74.4 Å². The number of anilines is 4. The molecule has 0 fully saturated rings. The Hall–Kier alpha value is -5.54. The summed E-state index contributed by atoms with van der Waals surface area (Å²) >= 11 is 6.08. The molecule has 5 rings (SSSR count). The molecular weight excluding hydrogens is 940 g/mol. The molecule has 8 N–H and O–H groups in total. The van der Waals surface area contributed by atoms with Crippen LogP contribution in [0.3, 0.4) is 0 Å². The highest BCUT2D eigenvalue weighted by molar-refractivity contribution is 7.91. The Morgan fingerprint density at radius 1 is 0.738 bits per heavy atom. The third-order valence-corrected chi connectivity index (χ3v) is 12.6. The van der Waals surface area contributed by atoms with Gasteiger partial charge in [-0.2, -0.15) is 48.6 Å². The van der Waals surface area contributed by atoms with Crippen molar-refractivity contribution in [2.45, 2.75) is 26.0 Å². The number of carbonyl (C=O) groups excluding carboxylic acids is 1. The lowest BCUT2D eigenvalue weighted by atomic mass is 10.1. The van der Waals surface area contributed by atoms with Gasteiger partial charge in [0, 0.05) is 24.0 Å². The number of halogens is 1. The van der Waals surface area contributed by atoms with E-state index in [1.807, 2.05) is 0 Å². The van der Waals surface area contributed by atoms with Crippen molar-refractivity contribution in [2.24, 2.45) is 10.2 Å². The summed E-state index contributed by atoms with van der Waals surface area (Å²) in [6, 6.07) is 11.5. The smallest absolute Gasteiger partial charge is 0.397 e. The number of rotatable bonds is 17. The summed E-state index contributed by atoms with van der Waals surface area (Å²) in [7, 11) is -24.3. The standard InChI is InChI=1S/C30H27ClN8O17S5/c31-28-35-29(32-9-8-24(40)33-17-4-3-5-18(14-17)57(42,43)11-10-56-61(53,54)55)37-30(36-28)34-21-15-19(58(44,45)46)12-16-13-23(60(50,51)52)26(27(41)25(16)21)39-38-20-6-1-2-7-22(20)59(47,48)49/h1-7,12-15,41H,8-11H2,(H,33,40)(H,44,45,46)(H,47,48,49)(H,50,51,52)(H,53,54,55)(H2,32,34,35,36,37). The number of phenolic OH excluding ortho intramolecular Hbond substituents is 1. The number of nitrogens with zero attached hydrogens (tertiary/aromatic N) is 5. The lowest BCUT2D eigenvalue weighted by Gasteiger charge is -2.15. The van der Waals surface area contributed by atoms with Gasteiger partial charge in [-0.05, 0) is 65.5 Å². The van der Waals surface area contributed by atoms with Gasteiger partial charge in [0.25, 0.3) is 30.4 Å². The third kappa shape index (κ3) is 12.3. The molecule has 0 aliphatic rings. The highest BCUT2D eigenvalue weighted by Gasteiger charge is 2.27. The van der Waals surface area contributed by atoms with E-state index in [0.29, 0.717) is 6.07 Å². The van der Waals surface area contributed by atoms with Crippen LogP contribution in [0.2, 0.25) is 5.28 Å². The molecular formula is C30H27ClN8O17S5. The molecule has 4 aromatic carbocycles. The summed E-state index contributed by atoms with van der Waals surface area (Å²) in [5.41, 5.74) is -1.97. The number of aromatic nitrogens is 3. The molecule has 61 heavy (non-hydrogen) atoms. The van der Waals surface area contributed by atoms with Gasteiger partial charge in [0.2, 0.25) is 23.1 Å². The van der Waals surface area contributed by atoms with E-state index in [2.05, 4.69) is 45.3 Å². The van der Waals surface area contributed by atoms with Crippen LogP contribution in [0.15, 0.2) is 96.5 Å². The minimum atomic E-state index is -5.32. The molecule has 0 aliphatic heterocycles. The Labute approximate surface area is 350 Å². The van der Waals surface area contributed by atoms with E-state index in [0.717, 1.165) is 30.3 Å². The number of amides is 1. The maximum atomic E-state index is 12.7. The zero-order chi connectivity index (χ0) is 45.1. The van der Waals surface area contributed by atoms with Crippen LogP contribution >= 0.6 is 11.6 Å².